The van der Waals surface area contributed by atoms with Crippen molar-refractivity contribution in [2.75, 3.05) is 32.7 Å². The maximum absolute atomic E-state index is 12.6. The number of nitrogens with one attached hydrogen (secondary N) is 1. The van der Waals surface area contributed by atoms with Crippen molar-refractivity contribution in [2.24, 2.45) is 23.2 Å². The summed E-state index contributed by atoms with van der Waals surface area (Å²) in [4.78, 5) is 15.3. The monoisotopic (exact) mass is 418 g/mol. The Morgan fingerprint density at radius 3 is 2.57 bits per heavy atom. The van der Waals surface area contributed by atoms with Gasteiger partial charge in [0.2, 0.25) is 0 Å². The first-order valence-electron chi connectivity index (χ1n) is 12.8. The average molecular weight is 419 g/mol. The van der Waals surface area contributed by atoms with Crippen molar-refractivity contribution in [3.8, 4) is 0 Å². The predicted octanol–water partition coefficient (Wildman–Crippen LogP) is 5.18. The summed E-state index contributed by atoms with van der Waals surface area (Å²) >= 11 is 0. The molecule has 4 nitrogen and oxygen atoms in total. The lowest BCUT2D eigenvalue weighted by molar-refractivity contribution is -0.146. The van der Waals surface area contributed by atoms with Gasteiger partial charge in [-0.25, -0.2) is 0 Å². The predicted molar refractivity (Wildman–Crippen MR) is 124 cm³/mol. The lowest BCUT2D eigenvalue weighted by Crippen LogP contribution is -2.45. The van der Waals surface area contributed by atoms with Crippen LogP contribution in [0, 0.1) is 23.2 Å². The Morgan fingerprint density at radius 1 is 1.17 bits per heavy atom. The Morgan fingerprint density at radius 2 is 1.87 bits per heavy atom. The van der Waals surface area contributed by atoms with Gasteiger partial charge in [0, 0.05) is 12.5 Å². The van der Waals surface area contributed by atoms with Gasteiger partial charge < -0.3 is 15.0 Å². The van der Waals surface area contributed by atoms with E-state index in [0.29, 0.717) is 17.3 Å². The van der Waals surface area contributed by atoms with E-state index in [1.165, 1.54) is 63.6 Å². The van der Waals surface area contributed by atoms with E-state index in [0.717, 1.165) is 38.9 Å². The second-order valence-corrected chi connectivity index (χ2v) is 10.5. The fourth-order valence-corrected chi connectivity index (χ4v) is 6.27. The number of fused-ring (bicyclic) bond motifs is 2. The van der Waals surface area contributed by atoms with Gasteiger partial charge >= 0.3 is 5.97 Å². The molecule has 0 unspecified atom stereocenters. The third-order valence-corrected chi connectivity index (χ3v) is 8.17. The fraction of sp³-hybridized carbons (Fsp3) is 0.885. The molecule has 30 heavy (non-hydrogen) atoms. The molecule has 3 rings (SSSR count). The van der Waals surface area contributed by atoms with Crippen LogP contribution in [-0.2, 0) is 9.53 Å². The number of hydrogen-bond acceptors (Lipinski definition) is 4. The van der Waals surface area contributed by atoms with Crippen LogP contribution in [0.1, 0.15) is 85.0 Å². The van der Waals surface area contributed by atoms with Crippen molar-refractivity contribution >= 4 is 5.97 Å². The summed E-state index contributed by atoms with van der Waals surface area (Å²) in [6.07, 6.45) is 12.2. The maximum atomic E-state index is 12.6. The number of nitrogens with zero attached hydrogens (tertiary/aromatic N) is 1. The number of rotatable bonds is 12. The van der Waals surface area contributed by atoms with E-state index in [4.69, 9.17) is 4.74 Å². The molecule has 0 aromatic rings. The Balaban J connectivity index is 1.44. The zero-order chi connectivity index (χ0) is 21.6. The molecule has 0 aromatic heterocycles. The summed E-state index contributed by atoms with van der Waals surface area (Å²) < 4.78 is 5.89. The fourth-order valence-electron chi connectivity index (χ4n) is 6.27. The van der Waals surface area contributed by atoms with Crippen LogP contribution in [0.4, 0.5) is 0 Å². The number of allylic oxidation sites excluding steroid dienone is 1. The summed E-state index contributed by atoms with van der Waals surface area (Å²) in [6, 6.07) is 0. The topological polar surface area (TPSA) is 41.6 Å². The molecule has 1 aliphatic heterocycles. The lowest BCUT2D eigenvalue weighted by Gasteiger charge is -2.50. The van der Waals surface area contributed by atoms with Gasteiger partial charge in [0.15, 0.2) is 0 Å². The number of carbonyl (C=O) groups excluding carboxylic acids is 1. The highest BCUT2D eigenvalue weighted by Gasteiger charge is 2.54. The van der Waals surface area contributed by atoms with Crippen LogP contribution in [-0.4, -0.2) is 49.7 Å². The van der Waals surface area contributed by atoms with E-state index < -0.39 is 0 Å². The van der Waals surface area contributed by atoms with Crippen molar-refractivity contribution in [3.63, 3.8) is 0 Å². The molecule has 0 aromatic carbocycles. The quantitative estimate of drug-likeness (QED) is 0.269. The summed E-state index contributed by atoms with van der Waals surface area (Å²) in [7, 11) is 0. The summed E-state index contributed by atoms with van der Waals surface area (Å²) in [6.45, 7) is 16.7. The third kappa shape index (κ3) is 5.68. The molecule has 1 N–H and O–H groups in total. The minimum absolute atomic E-state index is 0.0329. The molecule has 0 radical (unpaired) electrons. The van der Waals surface area contributed by atoms with Crippen LogP contribution in [0.3, 0.4) is 0 Å². The Kier molecular flexibility index (Phi) is 8.82. The normalized spacial score (nSPS) is 33.5. The largest absolute Gasteiger partial charge is 0.462 e. The van der Waals surface area contributed by atoms with Crippen LogP contribution in [0.5, 0.6) is 0 Å². The van der Waals surface area contributed by atoms with Crippen LogP contribution in [0.15, 0.2) is 12.2 Å². The summed E-state index contributed by atoms with van der Waals surface area (Å²) in [5, 5.41) is 3.60. The molecule has 5 atom stereocenters. The first-order valence-corrected chi connectivity index (χ1v) is 12.8. The minimum atomic E-state index is 0.0329. The zero-order valence-corrected chi connectivity index (χ0v) is 19.9. The van der Waals surface area contributed by atoms with E-state index >= 15 is 0 Å². The molecule has 172 valence electrons. The summed E-state index contributed by atoms with van der Waals surface area (Å²) in [5.41, 5.74) is 1.71. The zero-order valence-electron chi connectivity index (χ0n) is 19.9. The molecule has 2 aliphatic carbocycles. The van der Waals surface area contributed by atoms with Gasteiger partial charge in [-0.1, -0.05) is 45.8 Å². The SMILES string of the molecule is C=C1CCC[C@]2(C)C[C@@H]3OC(=O)[C@H](CNCCCN(CCCC)CCCC)[C@@H]3C[C@H]12. The van der Waals surface area contributed by atoms with Crippen LogP contribution in [0.2, 0.25) is 0 Å². The maximum Gasteiger partial charge on any atom is 0.310 e. The second kappa shape index (κ2) is 11.1. The van der Waals surface area contributed by atoms with Crippen molar-refractivity contribution in [1.29, 1.82) is 0 Å². The molecular formula is C26H46N2O2. The molecule has 3 aliphatic rings. The van der Waals surface area contributed by atoms with Crippen molar-refractivity contribution in [3.05, 3.63) is 12.2 Å². The lowest BCUT2D eigenvalue weighted by atomic mass is 9.55. The highest BCUT2D eigenvalue weighted by molar-refractivity contribution is 5.75. The van der Waals surface area contributed by atoms with Gasteiger partial charge in [0.25, 0.3) is 0 Å². The standard InChI is InChI=1S/C26H46N2O2/c1-5-7-14-28(15-8-6-2)16-10-13-27-19-22-21-17-23-20(3)11-9-12-26(23,4)18-24(21)30-25(22)29/h21-24,27H,3,5-19H2,1-2,4H3/t21-,22+,23+,24-,26+/m0/s1. The number of ether oxygens (including phenoxy) is 1. The molecule has 0 amide bonds. The van der Waals surface area contributed by atoms with Gasteiger partial charge in [0.1, 0.15) is 6.10 Å². The molecule has 1 saturated heterocycles. The van der Waals surface area contributed by atoms with Gasteiger partial charge in [-0.05, 0) is 88.9 Å². The van der Waals surface area contributed by atoms with Gasteiger partial charge in [-0.3, -0.25) is 4.79 Å². The smallest absolute Gasteiger partial charge is 0.310 e. The summed E-state index contributed by atoms with van der Waals surface area (Å²) in [5.74, 6) is 1.03. The molecule has 0 spiro atoms. The van der Waals surface area contributed by atoms with E-state index in [2.05, 4.69) is 37.6 Å². The number of unbranched alkanes of at least 4 members (excludes halogenated alkanes) is 2. The highest BCUT2D eigenvalue weighted by Crippen LogP contribution is 2.56. The number of carbonyl (C=O) groups is 1. The third-order valence-electron chi connectivity index (χ3n) is 8.17. The molecule has 0 bridgehead atoms. The van der Waals surface area contributed by atoms with Gasteiger partial charge in [0.05, 0.1) is 5.92 Å². The Bertz CT molecular complexity index is 569. The van der Waals surface area contributed by atoms with Crippen LogP contribution >= 0.6 is 0 Å². The van der Waals surface area contributed by atoms with Crippen molar-refractivity contribution in [1.82, 2.24) is 10.2 Å². The molecule has 3 fully saturated rings. The number of esters is 1. The van der Waals surface area contributed by atoms with Gasteiger partial charge in [-0.2, -0.15) is 0 Å². The Labute approximate surface area is 185 Å². The Hall–Kier alpha value is -0.870. The van der Waals surface area contributed by atoms with Crippen LogP contribution in [0.25, 0.3) is 0 Å². The van der Waals surface area contributed by atoms with E-state index in [1.807, 2.05) is 0 Å². The van der Waals surface area contributed by atoms with Crippen molar-refractivity contribution in [2.45, 2.75) is 91.1 Å². The van der Waals surface area contributed by atoms with Crippen LogP contribution < -0.4 is 5.32 Å². The van der Waals surface area contributed by atoms with Crippen molar-refractivity contribution < 1.29 is 9.53 Å². The minimum Gasteiger partial charge on any atom is -0.462 e. The second-order valence-electron chi connectivity index (χ2n) is 10.5. The highest BCUT2D eigenvalue weighted by atomic mass is 16.6. The van der Waals surface area contributed by atoms with Gasteiger partial charge in [-0.15, -0.1) is 0 Å². The molecule has 2 saturated carbocycles. The molecule has 1 heterocycles. The average Bonchev–Trinajstić information content (AvgIpc) is 3.01. The first-order chi connectivity index (χ1) is 14.5. The van der Waals surface area contributed by atoms with E-state index in [-0.39, 0.29) is 18.0 Å². The first kappa shape index (κ1) is 23.8. The van der Waals surface area contributed by atoms with E-state index in [1.54, 1.807) is 0 Å². The van der Waals surface area contributed by atoms with E-state index in [9.17, 15) is 4.79 Å². The molecule has 4 heteroatoms. The number of hydrogen-bond donors (Lipinski definition) is 1. The molecular weight excluding hydrogens is 372 g/mol.